The average molecular weight is 297 g/mol. The zero-order chi connectivity index (χ0) is 16.1. The highest BCUT2D eigenvalue weighted by molar-refractivity contribution is 5.95. The van der Waals surface area contributed by atoms with Crippen LogP contribution in [0.15, 0.2) is 47.6 Å². The van der Waals surface area contributed by atoms with E-state index in [0.29, 0.717) is 11.1 Å². The van der Waals surface area contributed by atoms with Crippen LogP contribution in [0.1, 0.15) is 27.0 Å². The summed E-state index contributed by atoms with van der Waals surface area (Å²) in [5.74, 6) is -0.415. The average Bonchev–Trinajstić information content (AvgIpc) is 2.48. The maximum absolute atomic E-state index is 11.9. The summed E-state index contributed by atoms with van der Waals surface area (Å²) in [7, 11) is 0. The molecule has 0 aliphatic carbocycles. The first-order valence-electron chi connectivity index (χ1n) is 6.62. The molecule has 0 bridgehead atoms. The van der Waals surface area contributed by atoms with Crippen LogP contribution in [0, 0.1) is 24.0 Å². The Morgan fingerprint density at radius 2 is 1.86 bits per heavy atom. The Morgan fingerprint density at radius 1 is 1.18 bits per heavy atom. The molecule has 2 aromatic carbocycles. The van der Waals surface area contributed by atoms with E-state index in [1.54, 1.807) is 6.92 Å². The molecule has 1 amide bonds. The Labute approximate surface area is 127 Å². The van der Waals surface area contributed by atoms with Crippen LogP contribution in [0.5, 0.6) is 0 Å². The third-order valence-electron chi connectivity index (χ3n) is 3.11. The van der Waals surface area contributed by atoms with E-state index in [2.05, 4.69) is 10.5 Å². The molecule has 0 fully saturated rings. The van der Waals surface area contributed by atoms with Gasteiger partial charge in [0.25, 0.3) is 11.6 Å². The van der Waals surface area contributed by atoms with Crippen molar-refractivity contribution in [1.29, 1.82) is 0 Å². The van der Waals surface area contributed by atoms with Crippen LogP contribution in [-0.2, 0) is 0 Å². The molecule has 6 heteroatoms. The monoisotopic (exact) mass is 297 g/mol. The summed E-state index contributed by atoms with van der Waals surface area (Å²) in [5.41, 5.74) is 5.15. The number of nitrogens with zero attached hydrogens (tertiary/aromatic N) is 2. The van der Waals surface area contributed by atoms with Gasteiger partial charge in [-0.15, -0.1) is 0 Å². The number of amides is 1. The first-order chi connectivity index (χ1) is 10.5. The fourth-order valence-corrected chi connectivity index (χ4v) is 1.88. The van der Waals surface area contributed by atoms with Crippen LogP contribution in [0.25, 0.3) is 0 Å². The highest BCUT2D eigenvalue weighted by Gasteiger charge is 2.13. The number of nitro groups is 1. The van der Waals surface area contributed by atoms with Crippen molar-refractivity contribution in [3.63, 3.8) is 0 Å². The first kappa shape index (κ1) is 15.4. The number of rotatable bonds is 4. The molecular weight excluding hydrogens is 282 g/mol. The molecule has 0 radical (unpaired) electrons. The number of carbonyl (C=O) groups is 1. The van der Waals surface area contributed by atoms with Crippen LogP contribution in [0.3, 0.4) is 0 Å². The topological polar surface area (TPSA) is 84.6 Å². The van der Waals surface area contributed by atoms with Crippen molar-refractivity contribution >= 4 is 17.8 Å². The summed E-state index contributed by atoms with van der Waals surface area (Å²) < 4.78 is 0. The quantitative estimate of drug-likeness (QED) is 0.535. The van der Waals surface area contributed by atoms with Crippen molar-refractivity contribution in [1.82, 2.24) is 5.43 Å². The summed E-state index contributed by atoms with van der Waals surface area (Å²) in [5, 5.41) is 14.6. The number of carbonyl (C=O) groups excluding carboxylic acids is 1. The zero-order valence-electron chi connectivity index (χ0n) is 12.2. The molecule has 0 heterocycles. The van der Waals surface area contributed by atoms with E-state index in [9.17, 15) is 14.9 Å². The van der Waals surface area contributed by atoms with Crippen molar-refractivity contribution < 1.29 is 9.72 Å². The third kappa shape index (κ3) is 3.76. The molecule has 0 atom stereocenters. The molecule has 1 N–H and O–H groups in total. The van der Waals surface area contributed by atoms with Gasteiger partial charge in [0, 0.05) is 17.2 Å². The van der Waals surface area contributed by atoms with Crippen molar-refractivity contribution in [3.05, 3.63) is 74.8 Å². The number of nitrogens with one attached hydrogen (secondary N) is 1. The minimum Gasteiger partial charge on any atom is -0.267 e. The van der Waals surface area contributed by atoms with Crippen LogP contribution in [0.2, 0.25) is 0 Å². The summed E-state index contributed by atoms with van der Waals surface area (Å²) in [6, 6.07) is 11.9. The van der Waals surface area contributed by atoms with E-state index >= 15 is 0 Å². The minimum atomic E-state index is -0.480. The molecule has 0 saturated carbocycles. The molecule has 0 aliphatic heterocycles. The Bertz CT molecular complexity index is 737. The van der Waals surface area contributed by atoms with Crippen LogP contribution in [-0.4, -0.2) is 17.0 Å². The van der Waals surface area contributed by atoms with Crippen molar-refractivity contribution in [2.24, 2.45) is 5.10 Å². The van der Waals surface area contributed by atoms with E-state index in [4.69, 9.17) is 0 Å². The molecule has 0 unspecified atom stereocenters. The fourth-order valence-electron chi connectivity index (χ4n) is 1.88. The van der Waals surface area contributed by atoms with E-state index in [1.165, 1.54) is 24.4 Å². The molecule has 6 nitrogen and oxygen atoms in total. The largest absolute Gasteiger partial charge is 0.272 e. The number of nitro benzene ring substituents is 1. The smallest absolute Gasteiger partial charge is 0.267 e. The number of aryl methyl sites for hydroxylation is 2. The molecule has 0 saturated heterocycles. The van der Waals surface area contributed by atoms with Gasteiger partial charge in [0.1, 0.15) is 0 Å². The van der Waals surface area contributed by atoms with Gasteiger partial charge in [-0.1, -0.05) is 29.8 Å². The van der Waals surface area contributed by atoms with E-state index in [1.807, 2.05) is 31.2 Å². The molecule has 0 aromatic heterocycles. The maximum Gasteiger partial charge on any atom is 0.272 e. The van der Waals surface area contributed by atoms with Crippen molar-refractivity contribution in [2.45, 2.75) is 13.8 Å². The number of benzene rings is 2. The van der Waals surface area contributed by atoms with E-state index in [0.717, 1.165) is 11.1 Å². The molecule has 2 aromatic rings. The van der Waals surface area contributed by atoms with Gasteiger partial charge >= 0.3 is 0 Å². The lowest BCUT2D eigenvalue weighted by molar-refractivity contribution is -0.385. The van der Waals surface area contributed by atoms with Gasteiger partial charge in [-0.05, 0) is 31.5 Å². The number of hydrazone groups is 1. The number of hydrogen-bond acceptors (Lipinski definition) is 4. The fraction of sp³-hybridized carbons (Fsp3) is 0.125. The molecule has 112 valence electrons. The summed E-state index contributed by atoms with van der Waals surface area (Å²) in [6.45, 7) is 3.57. The Morgan fingerprint density at radius 3 is 2.45 bits per heavy atom. The minimum absolute atomic E-state index is 0.0142. The lowest BCUT2D eigenvalue weighted by Gasteiger charge is -2.02. The second-order valence-electron chi connectivity index (χ2n) is 4.87. The molecule has 0 aliphatic rings. The Balaban J connectivity index is 2.04. The summed E-state index contributed by atoms with van der Waals surface area (Å²) >= 11 is 0. The highest BCUT2D eigenvalue weighted by Crippen LogP contribution is 2.18. The Hall–Kier alpha value is -3.02. The number of hydrogen-bond donors (Lipinski definition) is 1. The summed E-state index contributed by atoms with van der Waals surface area (Å²) in [6.07, 6.45) is 1.54. The summed E-state index contributed by atoms with van der Waals surface area (Å²) in [4.78, 5) is 22.2. The molecule has 2 rings (SSSR count). The normalized spacial score (nSPS) is 10.6. The predicted molar refractivity (Wildman–Crippen MR) is 84.1 cm³/mol. The van der Waals surface area contributed by atoms with Gasteiger partial charge in [0.05, 0.1) is 11.1 Å². The van der Waals surface area contributed by atoms with E-state index < -0.39 is 10.8 Å². The third-order valence-corrected chi connectivity index (χ3v) is 3.11. The van der Waals surface area contributed by atoms with Crippen LogP contribution < -0.4 is 5.43 Å². The highest BCUT2D eigenvalue weighted by atomic mass is 16.6. The molecule has 0 spiro atoms. The second-order valence-corrected chi connectivity index (χ2v) is 4.87. The lowest BCUT2D eigenvalue weighted by Crippen LogP contribution is -2.17. The SMILES string of the molecule is Cc1ccc(C=NNC(=O)c2ccc([N+](=O)[O-])c(C)c2)cc1. The molecular formula is C16H15N3O3. The standard InChI is InChI=1S/C16H15N3O3/c1-11-3-5-13(6-4-11)10-17-18-16(20)14-7-8-15(19(21)22)12(2)9-14/h3-10H,1-2H3,(H,18,20). The zero-order valence-corrected chi connectivity index (χ0v) is 12.2. The van der Waals surface area contributed by atoms with Gasteiger partial charge in [0.2, 0.25) is 0 Å². The van der Waals surface area contributed by atoms with Gasteiger partial charge in [0.15, 0.2) is 0 Å². The maximum atomic E-state index is 11.9. The van der Waals surface area contributed by atoms with Gasteiger partial charge < -0.3 is 0 Å². The van der Waals surface area contributed by atoms with Crippen LogP contribution in [0.4, 0.5) is 5.69 Å². The molecule has 22 heavy (non-hydrogen) atoms. The Kier molecular flexibility index (Phi) is 4.63. The lowest BCUT2D eigenvalue weighted by atomic mass is 10.1. The van der Waals surface area contributed by atoms with Crippen molar-refractivity contribution in [2.75, 3.05) is 0 Å². The van der Waals surface area contributed by atoms with Gasteiger partial charge in [-0.25, -0.2) is 5.43 Å². The first-order valence-corrected chi connectivity index (χ1v) is 6.62. The predicted octanol–water partition coefficient (Wildman–Crippen LogP) is 2.98. The van der Waals surface area contributed by atoms with E-state index in [-0.39, 0.29) is 5.69 Å². The van der Waals surface area contributed by atoms with Crippen LogP contribution >= 0.6 is 0 Å². The van der Waals surface area contributed by atoms with Gasteiger partial charge in [-0.3, -0.25) is 14.9 Å². The second kappa shape index (κ2) is 6.62. The van der Waals surface area contributed by atoms with Gasteiger partial charge in [-0.2, -0.15) is 5.10 Å². The van der Waals surface area contributed by atoms with Crippen molar-refractivity contribution in [3.8, 4) is 0 Å².